The van der Waals surface area contributed by atoms with E-state index in [-0.39, 0.29) is 29.0 Å². The summed E-state index contributed by atoms with van der Waals surface area (Å²) in [6.45, 7) is 4.87. The van der Waals surface area contributed by atoms with Crippen LogP contribution in [0, 0.1) is 24.0 Å². The van der Waals surface area contributed by atoms with Crippen LogP contribution in [0.25, 0.3) is 0 Å². The van der Waals surface area contributed by atoms with E-state index >= 15 is 0 Å². The van der Waals surface area contributed by atoms with E-state index in [1.54, 1.807) is 19.9 Å². The Bertz CT molecular complexity index is 688. The summed E-state index contributed by atoms with van der Waals surface area (Å²) in [4.78, 5) is 10.4. The lowest BCUT2D eigenvalue weighted by Gasteiger charge is -2.31. The number of sulfonamides is 1. The van der Waals surface area contributed by atoms with Gasteiger partial charge in [0.15, 0.2) is 4.90 Å². The first kappa shape index (κ1) is 19.8. The van der Waals surface area contributed by atoms with Crippen LogP contribution in [0.15, 0.2) is 17.0 Å². The molecule has 1 aromatic carbocycles. The molecule has 1 heterocycles. The van der Waals surface area contributed by atoms with Crippen molar-refractivity contribution in [3.63, 3.8) is 0 Å². The summed E-state index contributed by atoms with van der Waals surface area (Å²) in [5.74, 6) is 0. The molecule has 0 saturated carbocycles. The summed E-state index contributed by atoms with van der Waals surface area (Å²) < 4.78 is 27.2. The Morgan fingerprint density at radius 2 is 1.83 bits per heavy atom. The Morgan fingerprint density at radius 3 is 2.35 bits per heavy atom. The Labute approximate surface area is 142 Å². The quantitative estimate of drug-likeness (QED) is 0.652. The molecule has 1 saturated heterocycles. The molecule has 0 bridgehead atoms. The number of rotatable bonds is 4. The number of piperidine rings is 1. The summed E-state index contributed by atoms with van der Waals surface area (Å²) in [5.41, 5.74) is 0.807. The molecule has 0 atom stereocenters. The lowest BCUT2D eigenvalue weighted by molar-refractivity contribution is -0.388. The highest BCUT2D eigenvalue weighted by atomic mass is 35.5. The molecule has 1 N–H and O–H groups in total. The van der Waals surface area contributed by atoms with Crippen molar-refractivity contribution in [2.75, 3.05) is 20.1 Å². The van der Waals surface area contributed by atoms with Gasteiger partial charge in [-0.2, -0.15) is 4.31 Å². The van der Waals surface area contributed by atoms with E-state index in [4.69, 9.17) is 0 Å². The van der Waals surface area contributed by atoms with E-state index in [1.165, 1.54) is 17.4 Å². The SMILES string of the molecule is Cc1ccc([N+](=O)[O-])c(S(=O)(=O)N(C)C2CCNCC2)c1C.Cl. The van der Waals surface area contributed by atoms with Crippen molar-refractivity contribution in [2.24, 2.45) is 0 Å². The Kier molecular flexibility index (Phi) is 6.52. The highest BCUT2D eigenvalue weighted by molar-refractivity contribution is 7.89. The number of nitrogens with zero attached hydrogens (tertiary/aromatic N) is 2. The van der Waals surface area contributed by atoms with Crippen molar-refractivity contribution >= 4 is 28.1 Å². The molecule has 0 unspecified atom stereocenters. The van der Waals surface area contributed by atoms with Crippen LogP contribution < -0.4 is 5.32 Å². The van der Waals surface area contributed by atoms with Crippen LogP contribution in [-0.2, 0) is 10.0 Å². The van der Waals surface area contributed by atoms with Gasteiger partial charge in [-0.25, -0.2) is 8.42 Å². The number of nitro groups is 1. The molecule has 7 nitrogen and oxygen atoms in total. The Hall–Kier alpha value is -1.22. The lowest BCUT2D eigenvalue weighted by Crippen LogP contribution is -2.44. The fourth-order valence-corrected chi connectivity index (χ4v) is 4.60. The molecule has 1 fully saturated rings. The van der Waals surface area contributed by atoms with Crippen LogP contribution in [-0.4, -0.2) is 43.8 Å². The molecule has 23 heavy (non-hydrogen) atoms. The molecule has 0 radical (unpaired) electrons. The smallest absolute Gasteiger partial charge is 0.289 e. The van der Waals surface area contributed by atoms with E-state index in [1.807, 2.05) is 0 Å². The third kappa shape index (κ3) is 3.82. The highest BCUT2D eigenvalue weighted by Crippen LogP contribution is 2.32. The van der Waals surface area contributed by atoms with Crippen molar-refractivity contribution in [2.45, 2.75) is 37.6 Å². The zero-order valence-corrected chi connectivity index (χ0v) is 15.0. The van der Waals surface area contributed by atoms with E-state index in [9.17, 15) is 18.5 Å². The lowest BCUT2D eigenvalue weighted by atomic mass is 10.1. The molecular weight excluding hydrogens is 342 g/mol. The summed E-state index contributed by atoms with van der Waals surface area (Å²) in [5, 5.41) is 14.4. The second-order valence-corrected chi connectivity index (χ2v) is 7.55. The van der Waals surface area contributed by atoms with Gasteiger partial charge in [0.25, 0.3) is 5.69 Å². The van der Waals surface area contributed by atoms with Gasteiger partial charge in [-0.1, -0.05) is 6.07 Å². The number of nitrogens with one attached hydrogen (secondary N) is 1. The third-order valence-corrected chi connectivity index (χ3v) is 6.40. The summed E-state index contributed by atoms with van der Waals surface area (Å²) in [7, 11) is -2.39. The molecule has 9 heteroatoms. The van der Waals surface area contributed by atoms with Crippen molar-refractivity contribution in [3.8, 4) is 0 Å². The molecule has 130 valence electrons. The second kappa shape index (κ2) is 7.57. The van der Waals surface area contributed by atoms with Crippen molar-refractivity contribution in [1.82, 2.24) is 9.62 Å². The van der Waals surface area contributed by atoms with Gasteiger partial charge < -0.3 is 5.32 Å². The van der Waals surface area contributed by atoms with Crippen LogP contribution in [0.2, 0.25) is 0 Å². The standard InChI is InChI=1S/C14H21N3O4S.ClH/c1-10-4-5-13(17(18)19)14(11(10)2)22(20,21)16(3)12-6-8-15-9-7-12;/h4-5,12,15H,6-9H2,1-3H3;1H. The van der Waals surface area contributed by atoms with Crippen LogP contribution >= 0.6 is 12.4 Å². The van der Waals surface area contributed by atoms with Gasteiger partial charge in [0.1, 0.15) is 0 Å². The van der Waals surface area contributed by atoms with E-state index < -0.39 is 14.9 Å². The maximum Gasteiger partial charge on any atom is 0.289 e. The monoisotopic (exact) mass is 363 g/mol. The first-order chi connectivity index (χ1) is 10.3. The van der Waals surface area contributed by atoms with Gasteiger partial charge in [0.05, 0.1) is 4.92 Å². The molecule has 1 aliphatic rings. The topological polar surface area (TPSA) is 92.5 Å². The number of hydrogen-bond acceptors (Lipinski definition) is 5. The largest absolute Gasteiger partial charge is 0.317 e. The summed E-state index contributed by atoms with van der Waals surface area (Å²) in [6, 6.07) is 2.72. The molecule has 2 rings (SSSR count). The molecule has 0 aliphatic carbocycles. The number of nitro benzene ring substituents is 1. The Balaban J connectivity index is 0.00000264. The second-order valence-electron chi connectivity index (χ2n) is 5.62. The van der Waals surface area contributed by atoms with Crippen LogP contribution in [0.1, 0.15) is 24.0 Å². The van der Waals surface area contributed by atoms with Gasteiger partial charge in [0, 0.05) is 19.2 Å². The number of aryl methyl sites for hydroxylation is 1. The minimum Gasteiger partial charge on any atom is -0.317 e. The van der Waals surface area contributed by atoms with Crippen LogP contribution in [0.4, 0.5) is 5.69 Å². The zero-order chi connectivity index (χ0) is 16.5. The maximum absolute atomic E-state index is 12.9. The predicted octanol–water partition coefficient (Wildman–Crippen LogP) is 2.01. The van der Waals surface area contributed by atoms with Crippen molar-refractivity contribution in [1.29, 1.82) is 0 Å². The first-order valence-corrected chi connectivity index (χ1v) is 8.64. The molecule has 0 aromatic heterocycles. The van der Waals surface area contributed by atoms with Gasteiger partial charge >= 0.3 is 0 Å². The van der Waals surface area contributed by atoms with Crippen molar-refractivity contribution < 1.29 is 13.3 Å². The number of benzene rings is 1. The van der Waals surface area contributed by atoms with Crippen molar-refractivity contribution in [3.05, 3.63) is 33.4 Å². The third-order valence-electron chi connectivity index (χ3n) is 4.31. The van der Waals surface area contributed by atoms with Crippen LogP contribution in [0.5, 0.6) is 0 Å². The average Bonchev–Trinajstić information content (AvgIpc) is 2.49. The number of hydrogen-bond donors (Lipinski definition) is 1. The highest BCUT2D eigenvalue weighted by Gasteiger charge is 2.35. The van der Waals surface area contributed by atoms with Crippen LogP contribution in [0.3, 0.4) is 0 Å². The summed E-state index contributed by atoms with van der Waals surface area (Å²) in [6.07, 6.45) is 1.41. The molecule has 1 aromatic rings. The van der Waals surface area contributed by atoms with Gasteiger partial charge in [-0.05, 0) is 50.9 Å². The fraction of sp³-hybridized carbons (Fsp3) is 0.571. The van der Waals surface area contributed by atoms with Gasteiger partial charge in [-0.3, -0.25) is 10.1 Å². The van der Waals surface area contributed by atoms with E-state index in [0.717, 1.165) is 18.7 Å². The number of halogens is 1. The first-order valence-electron chi connectivity index (χ1n) is 7.20. The zero-order valence-electron chi connectivity index (χ0n) is 13.4. The normalized spacial score (nSPS) is 16.2. The summed E-state index contributed by atoms with van der Waals surface area (Å²) >= 11 is 0. The van der Waals surface area contributed by atoms with Gasteiger partial charge in [0.2, 0.25) is 10.0 Å². The van der Waals surface area contributed by atoms with E-state index in [0.29, 0.717) is 18.4 Å². The Morgan fingerprint density at radius 1 is 1.26 bits per heavy atom. The van der Waals surface area contributed by atoms with Gasteiger partial charge in [-0.15, -0.1) is 12.4 Å². The predicted molar refractivity (Wildman–Crippen MR) is 90.7 cm³/mol. The minimum atomic E-state index is -3.90. The fourth-order valence-electron chi connectivity index (χ4n) is 2.76. The molecular formula is C14H22ClN3O4S. The average molecular weight is 364 g/mol. The molecule has 1 aliphatic heterocycles. The molecule has 0 amide bonds. The molecule has 0 spiro atoms. The minimum absolute atomic E-state index is 0. The maximum atomic E-state index is 12.9. The van der Waals surface area contributed by atoms with E-state index in [2.05, 4.69) is 5.32 Å².